The molecule has 0 atom stereocenters. The molecule has 0 bridgehead atoms. The Kier molecular flexibility index (Phi) is 21.8. The highest BCUT2D eigenvalue weighted by Crippen LogP contribution is 2.54. The van der Waals surface area contributed by atoms with Gasteiger partial charge in [-0.25, -0.2) is 0 Å². The molecule has 6 heteroatoms. The van der Waals surface area contributed by atoms with Gasteiger partial charge in [0.2, 0.25) is 0 Å². The van der Waals surface area contributed by atoms with Crippen molar-refractivity contribution >= 4 is 170 Å². The first-order valence-corrected chi connectivity index (χ1v) is 52.2. The van der Waals surface area contributed by atoms with E-state index in [4.69, 9.17) is 8.83 Å². The Morgan fingerprint density at radius 2 is 0.368 bits per heavy atom. The van der Waals surface area contributed by atoms with E-state index in [1.807, 2.05) is 57.5 Å². The van der Waals surface area contributed by atoms with Crippen LogP contribution in [0.2, 0.25) is 0 Å². The predicted octanol–water partition coefficient (Wildman–Crippen LogP) is 41.7. The van der Waals surface area contributed by atoms with Gasteiger partial charge < -0.3 is 8.83 Å². The normalized spacial score (nSPS) is 11.6. The number of benzene rings is 23. The van der Waals surface area contributed by atoms with Gasteiger partial charge in [0.05, 0.1) is 0 Å². The minimum atomic E-state index is 0.912. The van der Waals surface area contributed by atoms with Gasteiger partial charge >= 0.3 is 0 Å². The van der Waals surface area contributed by atoms with Crippen LogP contribution in [0.5, 0.6) is 0 Å². The van der Waals surface area contributed by atoms with Gasteiger partial charge in [0.1, 0.15) is 22.3 Å². The molecular weight excluding hydrogens is 1820 g/mol. The molecule has 0 saturated heterocycles. The van der Waals surface area contributed by atoms with Crippen LogP contribution in [0.1, 0.15) is 0 Å². The zero-order chi connectivity index (χ0) is 95.1. The Morgan fingerprint density at radius 3 is 0.833 bits per heavy atom. The fourth-order valence-electron chi connectivity index (χ4n) is 21.7. The van der Waals surface area contributed by atoms with Crippen LogP contribution < -0.4 is 0 Å². The van der Waals surface area contributed by atoms with E-state index in [0.29, 0.717) is 0 Å². The van der Waals surface area contributed by atoms with Crippen molar-refractivity contribution in [3.63, 3.8) is 0 Å². The molecule has 674 valence electrons. The van der Waals surface area contributed by atoms with Crippen LogP contribution in [0, 0.1) is 0 Å². The molecular formula is C138H86O2S4. The average molecular weight is 1900 g/mol. The number of rotatable bonds is 14. The molecule has 0 unspecified atom stereocenters. The van der Waals surface area contributed by atoms with E-state index >= 15 is 0 Å². The first-order chi connectivity index (χ1) is 71.4. The summed E-state index contributed by atoms with van der Waals surface area (Å²) in [6, 6.07) is 189. The van der Waals surface area contributed by atoms with Crippen LogP contribution in [-0.4, -0.2) is 0 Å². The molecule has 0 aliphatic heterocycles. The van der Waals surface area contributed by atoms with Gasteiger partial charge in [0.15, 0.2) is 0 Å². The van der Waals surface area contributed by atoms with E-state index in [9.17, 15) is 0 Å². The van der Waals surface area contributed by atoms with Crippen molar-refractivity contribution in [1.82, 2.24) is 0 Å². The van der Waals surface area contributed by atoms with Gasteiger partial charge in [0, 0.05) is 124 Å². The number of para-hydroxylation sites is 3. The molecule has 6 heterocycles. The standard InChI is InChI=1S/C48H30OS.C48H30S2.C42H26OS/c1-3-13-31(14-4-1)36-19-11-20-37(32-15-5-2-6-16-32)46(36)34-27-25-33(26-28-34)42-29-35(30-43-40-18-8-10-24-45(40)50-48(42)43)38-21-12-22-41-39-17-7-9-23-44(39)49-47(38)41;1-4-15-31(16-5-1)40-27-35(28-41(32-17-6-2-7-18-32)46(40)33-19-8-3-9-20-33)42-29-34(30-43-38-22-11-13-26-45(38)50-48(42)43)36-23-14-24-39-37-21-10-12-25-44(37)49-47(36)39;1-2-10-27(11-3-1)30-12-8-13-31(24-30)28-20-22-29(23-21-28)37-25-32(26-38-34-14-4-6-18-39(34)43-41(37)38)33-16-9-17-36-35-15-5-7-19-40(35)44-42(33)36/h2*1-30H;1-26H. The smallest absolute Gasteiger partial charge is 0.143 e. The predicted molar refractivity (Wildman–Crippen MR) is 622 cm³/mol. The zero-order valence-electron chi connectivity index (χ0n) is 78.1. The highest BCUT2D eigenvalue weighted by Gasteiger charge is 2.26. The van der Waals surface area contributed by atoms with Crippen molar-refractivity contribution in [3.05, 3.63) is 522 Å². The molecule has 2 nitrogen and oxygen atoms in total. The largest absolute Gasteiger partial charge is 0.455 e. The molecule has 0 aliphatic carbocycles. The lowest BCUT2D eigenvalue weighted by atomic mass is 9.84. The quantitative estimate of drug-likeness (QED) is 0.108. The van der Waals surface area contributed by atoms with E-state index < -0.39 is 0 Å². The number of furan rings is 2. The van der Waals surface area contributed by atoms with Crippen LogP contribution in [0.15, 0.2) is 531 Å². The molecule has 0 radical (unpaired) electrons. The summed E-state index contributed by atoms with van der Waals surface area (Å²) in [6.45, 7) is 0. The van der Waals surface area contributed by atoms with Gasteiger partial charge in [0.25, 0.3) is 0 Å². The minimum absolute atomic E-state index is 0.912. The van der Waals surface area contributed by atoms with E-state index in [2.05, 4.69) is 510 Å². The fraction of sp³-hybridized carbons (Fsp3) is 0. The Balaban J connectivity index is 0.000000108. The van der Waals surface area contributed by atoms with Crippen molar-refractivity contribution < 1.29 is 8.83 Å². The van der Waals surface area contributed by atoms with Crippen molar-refractivity contribution in [3.8, 4) is 156 Å². The number of fused-ring (bicyclic) bond motifs is 18. The maximum atomic E-state index is 6.55. The first kappa shape index (κ1) is 85.7. The van der Waals surface area contributed by atoms with Crippen LogP contribution in [0.25, 0.3) is 280 Å². The zero-order valence-corrected chi connectivity index (χ0v) is 81.4. The lowest BCUT2D eigenvalue weighted by Crippen LogP contribution is -1.93. The summed E-state index contributed by atoms with van der Waals surface area (Å²) in [7, 11) is 0. The van der Waals surface area contributed by atoms with Crippen LogP contribution in [-0.2, 0) is 0 Å². The molecule has 0 spiro atoms. The second-order valence-corrected chi connectivity index (χ2v) is 41.2. The first-order valence-electron chi connectivity index (χ1n) is 48.9. The highest BCUT2D eigenvalue weighted by atomic mass is 32.1. The average Bonchev–Trinajstić information content (AvgIpc) is 1.53. The lowest BCUT2D eigenvalue weighted by Gasteiger charge is -2.20. The summed E-state index contributed by atoms with van der Waals surface area (Å²) in [5.74, 6) is 0. The van der Waals surface area contributed by atoms with Crippen LogP contribution >= 0.6 is 45.3 Å². The fourth-order valence-corrected chi connectivity index (χ4v) is 26.6. The van der Waals surface area contributed by atoms with E-state index in [1.165, 1.54) is 214 Å². The Labute approximate surface area is 849 Å². The molecule has 23 aromatic carbocycles. The molecule has 0 aliphatic rings. The summed E-state index contributed by atoms with van der Waals surface area (Å²) < 4.78 is 23.6. The third-order valence-corrected chi connectivity index (χ3v) is 33.4. The maximum Gasteiger partial charge on any atom is 0.143 e. The number of thiophene rings is 4. The molecule has 0 amide bonds. The third-order valence-electron chi connectivity index (χ3n) is 28.5. The molecule has 0 fully saturated rings. The molecule has 6 aromatic heterocycles. The summed E-state index contributed by atoms with van der Waals surface area (Å²) >= 11 is 7.54. The van der Waals surface area contributed by atoms with Gasteiger partial charge in [-0.05, 0) is 225 Å². The third kappa shape index (κ3) is 15.5. The number of hydrogen-bond donors (Lipinski definition) is 0. The Morgan fingerprint density at radius 1 is 0.118 bits per heavy atom. The van der Waals surface area contributed by atoms with Crippen molar-refractivity contribution in [2.24, 2.45) is 0 Å². The van der Waals surface area contributed by atoms with Crippen LogP contribution in [0.4, 0.5) is 0 Å². The Hall–Kier alpha value is -17.5. The SMILES string of the molecule is c1ccc(-c2cc(-c3cc(-c4cccc5c4sc4ccccc45)cc4c3sc3ccccc34)cc(-c3ccccc3)c2-c2ccccc2)cc1.c1ccc(-c2cccc(-c3ccc(-c4cc(-c5cccc6c5sc5ccccc56)cc5c4oc4ccccc45)cc3)c2)cc1.c1ccc(-c2cccc(-c3ccccc3)c2-c2ccc(-c3cc(-c4cccc5c4oc4ccccc45)cc4c3sc3ccccc34)cc2)cc1. The lowest BCUT2D eigenvalue weighted by molar-refractivity contribution is 0.669. The monoisotopic (exact) mass is 1900 g/mol. The van der Waals surface area contributed by atoms with Crippen LogP contribution in [0.3, 0.4) is 0 Å². The Bertz CT molecular complexity index is 9860. The molecule has 0 saturated carbocycles. The van der Waals surface area contributed by atoms with Crippen molar-refractivity contribution in [2.45, 2.75) is 0 Å². The minimum Gasteiger partial charge on any atom is -0.455 e. The summed E-state index contributed by atoms with van der Waals surface area (Å²) in [5, 5.41) is 15.0. The summed E-state index contributed by atoms with van der Waals surface area (Å²) in [6.07, 6.45) is 0. The van der Waals surface area contributed by atoms with Gasteiger partial charge in [-0.3, -0.25) is 0 Å². The topological polar surface area (TPSA) is 26.3 Å². The van der Waals surface area contributed by atoms with E-state index in [0.717, 1.165) is 66.1 Å². The summed E-state index contributed by atoms with van der Waals surface area (Å²) in [5.41, 5.74) is 37.7. The second kappa shape index (κ2) is 36.6. The molecule has 29 aromatic rings. The summed E-state index contributed by atoms with van der Waals surface area (Å²) in [4.78, 5) is 0. The maximum absolute atomic E-state index is 6.55. The van der Waals surface area contributed by atoms with Gasteiger partial charge in [-0.2, -0.15) is 0 Å². The molecule has 0 N–H and O–H groups in total. The molecule has 29 rings (SSSR count). The van der Waals surface area contributed by atoms with Crippen molar-refractivity contribution in [1.29, 1.82) is 0 Å². The van der Waals surface area contributed by atoms with Gasteiger partial charge in [-0.15, -0.1) is 45.3 Å². The highest BCUT2D eigenvalue weighted by molar-refractivity contribution is 7.27. The van der Waals surface area contributed by atoms with Gasteiger partial charge in [-0.1, -0.05) is 431 Å². The number of hydrogen-bond acceptors (Lipinski definition) is 6. The van der Waals surface area contributed by atoms with E-state index in [1.54, 1.807) is 0 Å². The van der Waals surface area contributed by atoms with Crippen molar-refractivity contribution in [2.75, 3.05) is 0 Å². The van der Waals surface area contributed by atoms with E-state index in [-0.39, 0.29) is 0 Å². The molecule has 144 heavy (non-hydrogen) atoms. The second-order valence-electron chi connectivity index (χ2n) is 36.9.